The Bertz CT molecular complexity index is 759. The van der Waals surface area contributed by atoms with Gasteiger partial charge in [0, 0.05) is 36.3 Å². The van der Waals surface area contributed by atoms with Gasteiger partial charge in [0.15, 0.2) is 4.34 Å². The number of nitro benzene ring substituents is 1. The lowest BCUT2D eigenvalue weighted by Crippen LogP contribution is -2.30. The molecule has 24 heavy (non-hydrogen) atoms. The second-order valence-electron chi connectivity index (χ2n) is 5.88. The molecule has 6 nitrogen and oxygen atoms in total. The summed E-state index contributed by atoms with van der Waals surface area (Å²) in [6.07, 6.45) is 0. The molecule has 8 heteroatoms. The Balaban J connectivity index is 2.29. The maximum atomic E-state index is 12.4. The number of aryl methyl sites for hydroxylation is 1. The van der Waals surface area contributed by atoms with E-state index < -0.39 is 4.92 Å². The van der Waals surface area contributed by atoms with E-state index in [-0.39, 0.29) is 11.6 Å². The predicted molar refractivity (Wildman–Crippen MR) is 95.9 cm³/mol. The molecule has 0 spiro atoms. The maximum Gasteiger partial charge on any atom is 0.284 e. The summed E-state index contributed by atoms with van der Waals surface area (Å²) in [5, 5.41) is 13.3. The zero-order valence-electron chi connectivity index (χ0n) is 14.0. The molecule has 128 valence electrons. The van der Waals surface area contributed by atoms with E-state index in [9.17, 15) is 14.9 Å². The van der Waals surface area contributed by atoms with Crippen molar-refractivity contribution in [3.05, 3.63) is 45.0 Å². The molecule has 1 aromatic carbocycles. The molecule has 0 saturated heterocycles. The molecule has 2 rings (SSSR count). The van der Waals surface area contributed by atoms with E-state index in [0.29, 0.717) is 22.9 Å². The van der Waals surface area contributed by atoms with E-state index in [1.807, 2.05) is 26.2 Å². The first-order chi connectivity index (χ1) is 11.3. The van der Waals surface area contributed by atoms with E-state index in [0.717, 1.165) is 10.0 Å². The van der Waals surface area contributed by atoms with Gasteiger partial charge in [-0.05, 0) is 25.0 Å². The van der Waals surface area contributed by atoms with E-state index >= 15 is 0 Å². The second-order valence-corrected chi connectivity index (χ2v) is 8.02. The third-order valence-corrected chi connectivity index (χ3v) is 5.31. The van der Waals surface area contributed by atoms with Gasteiger partial charge in [-0.2, -0.15) is 0 Å². The second kappa shape index (κ2) is 7.76. The SMILES string of the molecule is Cc1csc(Sc2ccc(C(=O)N(C)CC(C)C)cc2[N+](=O)[O-])n1. The zero-order chi connectivity index (χ0) is 17.9. The van der Waals surface area contributed by atoms with Crippen molar-refractivity contribution >= 4 is 34.7 Å². The van der Waals surface area contributed by atoms with Crippen molar-refractivity contribution in [1.82, 2.24) is 9.88 Å². The van der Waals surface area contributed by atoms with Crippen molar-refractivity contribution in [1.29, 1.82) is 0 Å². The number of benzene rings is 1. The lowest BCUT2D eigenvalue weighted by molar-refractivity contribution is -0.387. The third-order valence-electron chi connectivity index (χ3n) is 3.18. The largest absolute Gasteiger partial charge is 0.341 e. The Hall–Kier alpha value is -1.93. The summed E-state index contributed by atoms with van der Waals surface area (Å²) in [6, 6.07) is 4.60. The topological polar surface area (TPSA) is 76.3 Å². The molecule has 0 saturated carbocycles. The van der Waals surface area contributed by atoms with E-state index in [1.165, 1.54) is 29.2 Å². The number of rotatable bonds is 6. The van der Waals surface area contributed by atoms with Crippen molar-refractivity contribution in [2.45, 2.75) is 30.0 Å². The fraction of sp³-hybridized carbons (Fsp3) is 0.375. The maximum absolute atomic E-state index is 12.4. The van der Waals surface area contributed by atoms with Crippen LogP contribution in [-0.2, 0) is 0 Å². The molecular formula is C16H19N3O3S2. The summed E-state index contributed by atoms with van der Waals surface area (Å²) >= 11 is 2.68. The Morgan fingerprint density at radius 3 is 2.71 bits per heavy atom. The van der Waals surface area contributed by atoms with Gasteiger partial charge in [-0.25, -0.2) is 4.98 Å². The van der Waals surface area contributed by atoms with Crippen LogP contribution in [0.3, 0.4) is 0 Å². The van der Waals surface area contributed by atoms with Gasteiger partial charge in [-0.15, -0.1) is 11.3 Å². The summed E-state index contributed by atoms with van der Waals surface area (Å²) in [7, 11) is 1.70. The number of carbonyl (C=O) groups is 1. The number of hydrogen-bond donors (Lipinski definition) is 0. The smallest absolute Gasteiger partial charge is 0.284 e. The monoisotopic (exact) mass is 365 g/mol. The minimum absolute atomic E-state index is 0.0725. The lowest BCUT2D eigenvalue weighted by atomic mass is 10.1. The minimum atomic E-state index is -0.456. The summed E-state index contributed by atoms with van der Waals surface area (Å²) in [5.74, 6) is 0.116. The Kier molecular flexibility index (Phi) is 5.95. The van der Waals surface area contributed by atoms with Gasteiger partial charge in [0.25, 0.3) is 11.6 Å². The van der Waals surface area contributed by atoms with Crippen LogP contribution in [-0.4, -0.2) is 34.3 Å². The van der Waals surface area contributed by atoms with Crippen LogP contribution in [0.5, 0.6) is 0 Å². The van der Waals surface area contributed by atoms with Crippen molar-refractivity contribution in [2.75, 3.05) is 13.6 Å². The normalized spacial score (nSPS) is 10.9. The molecule has 0 unspecified atom stereocenters. The fourth-order valence-corrected chi connectivity index (χ4v) is 4.08. The number of carbonyl (C=O) groups excluding carboxylic acids is 1. The highest BCUT2D eigenvalue weighted by Gasteiger charge is 2.21. The van der Waals surface area contributed by atoms with Gasteiger partial charge in [0.1, 0.15) is 0 Å². The van der Waals surface area contributed by atoms with Gasteiger partial charge in [-0.3, -0.25) is 14.9 Å². The van der Waals surface area contributed by atoms with E-state index in [1.54, 1.807) is 24.1 Å². The van der Waals surface area contributed by atoms with Crippen LogP contribution >= 0.6 is 23.1 Å². The van der Waals surface area contributed by atoms with Gasteiger partial charge in [0.2, 0.25) is 0 Å². The van der Waals surface area contributed by atoms with E-state index in [2.05, 4.69) is 4.98 Å². The summed E-state index contributed by atoms with van der Waals surface area (Å²) in [4.78, 5) is 29.7. The summed E-state index contributed by atoms with van der Waals surface area (Å²) in [5.41, 5.74) is 1.13. The molecule has 1 heterocycles. The molecule has 0 radical (unpaired) electrons. The van der Waals surface area contributed by atoms with Gasteiger partial charge < -0.3 is 4.90 Å². The average molecular weight is 365 g/mol. The highest BCUT2D eigenvalue weighted by atomic mass is 32.2. The summed E-state index contributed by atoms with van der Waals surface area (Å²) < 4.78 is 0.742. The quantitative estimate of drug-likeness (QED) is 0.565. The molecule has 0 bridgehead atoms. The highest BCUT2D eigenvalue weighted by Crippen LogP contribution is 2.36. The molecular weight excluding hydrogens is 346 g/mol. The Morgan fingerprint density at radius 1 is 1.46 bits per heavy atom. The van der Waals surface area contributed by atoms with Crippen LogP contribution in [0.25, 0.3) is 0 Å². The van der Waals surface area contributed by atoms with Crippen LogP contribution in [0, 0.1) is 23.0 Å². The summed E-state index contributed by atoms with van der Waals surface area (Å²) in [6.45, 7) is 6.51. The van der Waals surface area contributed by atoms with Crippen molar-refractivity contribution in [3.63, 3.8) is 0 Å². The molecule has 0 aliphatic carbocycles. The Labute approximate surface area is 149 Å². The lowest BCUT2D eigenvalue weighted by Gasteiger charge is -2.19. The molecule has 0 N–H and O–H groups in total. The standard InChI is InChI=1S/C16H19N3O3S2/c1-10(2)8-18(4)15(20)12-5-6-14(13(7-12)19(21)22)24-16-17-11(3)9-23-16/h5-7,9-10H,8H2,1-4H3. The fourth-order valence-electron chi connectivity index (χ4n) is 2.20. The van der Waals surface area contributed by atoms with Crippen LogP contribution in [0.4, 0.5) is 5.69 Å². The van der Waals surface area contributed by atoms with Crippen LogP contribution in [0.1, 0.15) is 29.9 Å². The van der Waals surface area contributed by atoms with Crippen molar-refractivity contribution in [3.8, 4) is 0 Å². The molecule has 0 aliphatic rings. The first kappa shape index (κ1) is 18.4. The first-order valence-electron chi connectivity index (χ1n) is 7.41. The third kappa shape index (κ3) is 4.55. The van der Waals surface area contributed by atoms with Crippen LogP contribution < -0.4 is 0 Å². The minimum Gasteiger partial charge on any atom is -0.341 e. The molecule has 1 amide bonds. The number of hydrogen-bond acceptors (Lipinski definition) is 6. The number of aromatic nitrogens is 1. The van der Waals surface area contributed by atoms with Gasteiger partial charge in [0.05, 0.1) is 9.82 Å². The molecule has 0 aliphatic heterocycles. The number of thiazole rings is 1. The van der Waals surface area contributed by atoms with Gasteiger partial charge >= 0.3 is 0 Å². The number of nitrogens with zero attached hydrogens (tertiary/aromatic N) is 3. The van der Waals surface area contributed by atoms with E-state index in [4.69, 9.17) is 0 Å². The van der Waals surface area contributed by atoms with Gasteiger partial charge in [-0.1, -0.05) is 25.6 Å². The molecule has 0 fully saturated rings. The zero-order valence-corrected chi connectivity index (χ0v) is 15.6. The van der Waals surface area contributed by atoms with Crippen LogP contribution in [0.15, 0.2) is 32.8 Å². The molecule has 1 aromatic heterocycles. The highest BCUT2D eigenvalue weighted by molar-refractivity contribution is 8.01. The Morgan fingerprint density at radius 2 is 2.17 bits per heavy atom. The first-order valence-corrected chi connectivity index (χ1v) is 9.11. The molecule has 0 atom stereocenters. The van der Waals surface area contributed by atoms with Crippen molar-refractivity contribution in [2.24, 2.45) is 5.92 Å². The van der Waals surface area contributed by atoms with Crippen molar-refractivity contribution < 1.29 is 9.72 Å². The molecule has 2 aromatic rings. The average Bonchev–Trinajstić information content (AvgIpc) is 2.91. The predicted octanol–water partition coefficient (Wildman–Crippen LogP) is 4.24. The number of amides is 1. The number of nitro groups is 1. The van der Waals surface area contributed by atoms with Crippen LogP contribution in [0.2, 0.25) is 0 Å².